The summed E-state index contributed by atoms with van der Waals surface area (Å²) in [7, 11) is 0. The molecule has 2 aromatic rings. The Morgan fingerprint density at radius 2 is 1.65 bits per heavy atom. The molecule has 2 nitrogen and oxygen atoms in total. The number of rotatable bonds is 2. The van der Waals surface area contributed by atoms with E-state index in [0.29, 0.717) is 5.69 Å². The molecule has 1 aromatic carbocycles. The summed E-state index contributed by atoms with van der Waals surface area (Å²) >= 11 is 0. The lowest BCUT2D eigenvalue weighted by Crippen LogP contribution is -2.20. The van der Waals surface area contributed by atoms with Crippen molar-refractivity contribution >= 4 is 0 Å². The Morgan fingerprint density at radius 3 is 2.24 bits per heavy atom. The number of aliphatic hydroxyl groups is 1. The topological polar surface area (TPSA) is 36.0 Å². The predicted octanol–water partition coefficient (Wildman–Crippen LogP) is 3.28. The fourth-order valence-corrected chi connectivity index (χ4v) is 1.53. The van der Waals surface area contributed by atoms with E-state index in [0.717, 1.165) is 5.56 Å². The summed E-state index contributed by atoms with van der Waals surface area (Å²) in [5, 5.41) is 9.06. The van der Waals surface area contributed by atoms with E-state index in [4.69, 9.17) is 5.11 Å². The summed E-state index contributed by atoms with van der Waals surface area (Å²) < 4.78 is 36.8. The largest absolute Gasteiger partial charge is 0.420 e. The lowest BCUT2D eigenvalue weighted by atomic mass is 10.2. The van der Waals surface area contributed by atoms with Crippen molar-refractivity contribution in [2.75, 3.05) is 0 Å². The third kappa shape index (κ3) is 2.50. The average Bonchev–Trinajstić information content (AvgIpc) is 2.77. The molecule has 2 N–H and O–H groups in total. The molecule has 0 aliphatic carbocycles. The summed E-state index contributed by atoms with van der Waals surface area (Å²) in [5.41, 5.74) is 1.06. The normalized spacial score (nSPS) is 13.6. The summed E-state index contributed by atoms with van der Waals surface area (Å²) in [5.74, 6) is 0. The number of hydrogen-bond donors (Lipinski definition) is 2. The SMILES string of the molecule is O[C@@H](c1ccc(-c2ccccc2)[nH]1)C(F)(F)F. The molecule has 1 heterocycles. The molecule has 0 radical (unpaired) electrons. The van der Waals surface area contributed by atoms with E-state index in [-0.39, 0.29) is 5.69 Å². The van der Waals surface area contributed by atoms with E-state index in [9.17, 15) is 13.2 Å². The summed E-state index contributed by atoms with van der Waals surface area (Å²) in [6, 6.07) is 11.7. The minimum Gasteiger partial charge on any atom is -0.378 e. The fraction of sp³-hybridized carbons (Fsp3) is 0.167. The van der Waals surface area contributed by atoms with Crippen LogP contribution in [0.5, 0.6) is 0 Å². The Hall–Kier alpha value is -1.75. The average molecular weight is 241 g/mol. The number of nitrogens with one attached hydrogen (secondary N) is 1. The maximum atomic E-state index is 12.3. The molecule has 0 saturated carbocycles. The van der Waals surface area contributed by atoms with Gasteiger partial charge in [-0.25, -0.2) is 0 Å². The molecule has 0 spiro atoms. The van der Waals surface area contributed by atoms with Crippen LogP contribution < -0.4 is 0 Å². The van der Waals surface area contributed by atoms with Crippen molar-refractivity contribution in [1.29, 1.82) is 0 Å². The maximum absolute atomic E-state index is 12.3. The first-order chi connectivity index (χ1) is 7.98. The zero-order valence-corrected chi connectivity index (χ0v) is 8.70. The van der Waals surface area contributed by atoms with Gasteiger partial charge in [0.1, 0.15) is 0 Å². The summed E-state index contributed by atoms with van der Waals surface area (Å²) in [4.78, 5) is 2.57. The second-order valence-corrected chi connectivity index (χ2v) is 3.64. The van der Waals surface area contributed by atoms with Crippen molar-refractivity contribution < 1.29 is 18.3 Å². The van der Waals surface area contributed by atoms with Gasteiger partial charge in [-0.15, -0.1) is 0 Å². The highest BCUT2D eigenvalue weighted by Crippen LogP contribution is 2.33. The Labute approximate surface area is 95.7 Å². The molecule has 0 aliphatic rings. The highest BCUT2D eigenvalue weighted by molar-refractivity contribution is 5.59. The van der Waals surface area contributed by atoms with Gasteiger partial charge in [0.25, 0.3) is 0 Å². The molecule has 17 heavy (non-hydrogen) atoms. The van der Waals surface area contributed by atoms with Gasteiger partial charge in [-0.2, -0.15) is 13.2 Å². The molecule has 2 rings (SSSR count). The number of aliphatic hydroxyl groups excluding tert-OH is 1. The van der Waals surface area contributed by atoms with Crippen LogP contribution in [0.15, 0.2) is 42.5 Å². The number of H-pyrrole nitrogens is 1. The van der Waals surface area contributed by atoms with Crippen LogP contribution in [0, 0.1) is 0 Å². The van der Waals surface area contributed by atoms with Crippen LogP contribution in [-0.2, 0) is 0 Å². The van der Waals surface area contributed by atoms with Crippen molar-refractivity contribution in [3.63, 3.8) is 0 Å². The minimum atomic E-state index is -4.65. The lowest BCUT2D eigenvalue weighted by Gasteiger charge is -2.12. The van der Waals surface area contributed by atoms with Crippen LogP contribution in [0.3, 0.4) is 0 Å². The molecular formula is C12H10F3NO. The van der Waals surface area contributed by atoms with E-state index in [1.54, 1.807) is 24.3 Å². The van der Waals surface area contributed by atoms with Crippen LogP contribution in [0.2, 0.25) is 0 Å². The highest BCUT2D eigenvalue weighted by atomic mass is 19.4. The van der Waals surface area contributed by atoms with E-state index in [1.165, 1.54) is 12.1 Å². The van der Waals surface area contributed by atoms with Crippen molar-refractivity contribution in [2.45, 2.75) is 12.3 Å². The number of alkyl halides is 3. The van der Waals surface area contributed by atoms with Crippen LogP contribution >= 0.6 is 0 Å². The zero-order valence-electron chi connectivity index (χ0n) is 8.70. The summed E-state index contributed by atoms with van der Waals surface area (Å²) in [6.07, 6.45) is -7.13. The molecule has 0 saturated heterocycles. The van der Waals surface area contributed by atoms with E-state index < -0.39 is 12.3 Å². The van der Waals surface area contributed by atoms with Crippen molar-refractivity contribution in [3.8, 4) is 11.3 Å². The molecule has 0 amide bonds. The number of benzene rings is 1. The van der Waals surface area contributed by atoms with E-state index in [2.05, 4.69) is 4.98 Å². The van der Waals surface area contributed by atoms with Crippen LogP contribution in [-0.4, -0.2) is 16.3 Å². The van der Waals surface area contributed by atoms with Crippen LogP contribution in [0.25, 0.3) is 11.3 Å². The number of aromatic nitrogens is 1. The molecule has 0 fully saturated rings. The number of hydrogen-bond acceptors (Lipinski definition) is 1. The second-order valence-electron chi connectivity index (χ2n) is 3.64. The molecule has 0 aliphatic heterocycles. The first kappa shape index (κ1) is 11.7. The Morgan fingerprint density at radius 1 is 1.00 bits per heavy atom. The first-order valence-electron chi connectivity index (χ1n) is 4.97. The molecule has 90 valence electrons. The van der Waals surface area contributed by atoms with Crippen molar-refractivity contribution in [2.24, 2.45) is 0 Å². The Kier molecular flexibility index (Phi) is 2.93. The van der Waals surface area contributed by atoms with Crippen LogP contribution in [0.4, 0.5) is 13.2 Å². The lowest BCUT2D eigenvalue weighted by molar-refractivity contribution is -0.207. The van der Waals surface area contributed by atoms with E-state index >= 15 is 0 Å². The highest BCUT2D eigenvalue weighted by Gasteiger charge is 2.40. The van der Waals surface area contributed by atoms with Gasteiger partial charge in [0.15, 0.2) is 6.10 Å². The second kappa shape index (κ2) is 4.25. The van der Waals surface area contributed by atoms with Crippen molar-refractivity contribution in [3.05, 3.63) is 48.2 Å². The minimum absolute atomic E-state index is 0.253. The molecule has 5 heteroatoms. The summed E-state index contributed by atoms with van der Waals surface area (Å²) in [6.45, 7) is 0. The van der Waals surface area contributed by atoms with Crippen LogP contribution in [0.1, 0.15) is 11.8 Å². The van der Waals surface area contributed by atoms with Gasteiger partial charge in [-0.3, -0.25) is 0 Å². The van der Waals surface area contributed by atoms with E-state index in [1.807, 2.05) is 6.07 Å². The van der Waals surface area contributed by atoms with Gasteiger partial charge in [-0.05, 0) is 17.7 Å². The fourth-order valence-electron chi connectivity index (χ4n) is 1.53. The smallest absolute Gasteiger partial charge is 0.378 e. The number of aromatic amines is 1. The zero-order chi connectivity index (χ0) is 12.5. The predicted molar refractivity (Wildman–Crippen MR) is 57.2 cm³/mol. The third-order valence-corrected chi connectivity index (χ3v) is 2.40. The maximum Gasteiger partial charge on any atom is 0.420 e. The van der Waals surface area contributed by atoms with Crippen molar-refractivity contribution in [1.82, 2.24) is 4.98 Å². The van der Waals surface area contributed by atoms with Gasteiger partial charge < -0.3 is 10.1 Å². The van der Waals surface area contributed by atoms with Gasteiger partial charge >= 0.3 is 6.18 Å². The van der Waals surface area contributed by atoms with Gasteiger partial charge in [0, 0.05) is 5.69 Å². The molecule has 0 bridgehead atoms. The molecule has 0 unspecified atom stereocenters. The van der Waals surface area contributed by atoms with Gasteiger partial charge in [0.05, 0.1) is 5.69 Å². The molecule has 1 atom stereocenters. The molecule has 1 aromatic heterocycles. The third-order valence-electron chi connectivity index (χ3n) is 2.40. The Balaban J connectivity index is 2.28. The monoisotopic (exact) mass is 241 g/mol. The quantitative estimate of drug-likeness (QED) is 0.831. The standard InChI is InChI=1S/C12H10F3NO/c13-12(14,15)11(17)10-7-6-9(16-10)8-4-2-1-3-5-8/h1-7,11,16-17H/t11-/m0/s1. The van der Waals surface area contributed by atoms with Gasteiger partial charge in [0.2, 0.25) is 0 Å². The first-order valence-corrected chi connectivity index (χ1v) is 4.97. The van der Waals surface area contributed by atoms with Gasteiger partial charge in [-0.1, -0.05) is 30.3 Å². The Bertz CT molecular complexity index is 490. The number of halogens is 3. The molecular weight excluding hydrogens is 231 g/mol.